The number of amides is 2. The van der Waals surface area contributed by atoms with Crippen molar-refractivity contribution in [2.75, 3.05) is 7.05 Å². The summed E-state index contributed by atoms with van der Waals surface area (Å²) < 4.78 is 0. The van der Waals surface area contributed by atoms with Gasteiger partial charge in [-0.25, -0.2) is 0 Å². The van der Waals surface area contributed by atoms with Gasteiger partial charge in [0.05, 0.1) is 6.42 Å². The van der Waals surface area contributed by atoms with E-state index in [0.717, 1.165) is 5.56 Å². The van der Waals surface area contributed by atoms with Crippen LogP contribution in [-0.4, -0.2) is 23.8 Å². The molecule has 1 aliphatic heterocycles. The monoisotopic (exact) mass is 235 g/mol. The van der Waals surface area contributed by atoms with E-state index in [9.17, 15) is 9.59 Å². The second kappa shape index (κ2) is 7.60. The number of carbonyl (C=O) groups is 2. The number of rotatable bonds is 0. The van der Waals surface area contributed by atoms with Crippen LogP contribution in [0, 0.1) is 0 Å². The van der Waals surface area contributed by atoms with E-state index in [2.05, 4.69) is 0 Å². The van der Waals surface area contributed by atoms with Crippen LogP contribution in [0.3, 0.4) is 0 Å². The number of likely N-dealkylation sites (N-methyl/N-ethyl adjacent to an activating group) is 1. The minimum absolute atomic E-state index is 0.135. The first-order valence-corrected chi connectivity index (χ1v) is 6.09. The molecular formula is C14H21NO2. The molecule has 0 saturated carbocycles. The Morgan fingerprint density at radius 1 is 1.00 bits per heavy atom. The lowest BCUT2D eigenvalue weighted by atomic mass is 9.99. The molecule has 94 valence electrons. The highest BCUT2D eigenvalue weighted by molar-refractivity contribution is 6.09. The molecule has 1 aliphatic rings. The largest absolute Gasteiger partial charge is 0.281 e. The van der Waals surface area contributed by atoms with Crippen molar-refractivity contribution in [3.8, 4) is 0 Å². The Labute approximate surface area is 103 Å². The minimum Gasteiger partial charge on any atom is -0.281 e. The summed E-state index contributed by atoms with van der Waals surface area (Å²) >= 11 is 0. The summed E-state index contributed by atoms with van der Waals surface area (Å²) in [5.74, 6) is -0.337. The normalized spacial score (nSPS) is 12.9. The van der Waals surface area contributed by atoms with Crippen LogP contribution in [0.5, 0.6) is 0 Å². The van der Waals surface area contributed by atoms with Gasteiger partial charge in [-0.3, -0.25) is 14.5 Å². The predicted octanol–water partition coefficient (Wildman–Crippen LogP) is 2.89. The van der Waals surface area contributed by atoms with Gasteiger partial charge in [-0.15, -0.1) is 0 Å². The molecule has 0 fully saturated rings. The van der Waals surface area contributed by atoms with Gasteiger partial charge in [-0.1, -0.05) is 45.9 Å². The Balaban J connectivity index is 0.000000581. The number of carbonyl (C=O) groups excluding carboxylic acids is 2. The molecule has 2 amide bonds. The van der Waals surface area contributed by atoms with Crippen molar-refractivity contribution in [3.63, 3.8) is 0 Å². The second-order valence-electron chi connectivity index (χ2n) is 3.09. The zero-order chi connectivity index (χ0) is 13.4. The summed E-state index contributed by atoms with van der Waals surface area (Å²) in [5, 5.41) is 0. The molecule has 1 heterocycles. The number of imide groups is 1. The van der Waals surface area contributed by atoms with Crippen molar-refractivity contribution in [1.29, 1.82) is 0 Å². The average Bonchev–Trinajstić information content (AvgIpc) is 2.41. The predicted molar refractivity (Wildman–Crippen MR) is 69.9 cm³/mol. The molecule has 0 bridgehead atoms. The van der Waals surface area contributed by atoms with Crippen LogP contribution >= 0.6 is 0 Å². The second-order valence-corrected chi connectivity index (χ2v) is 3.09. The van der Waals surface area contributed by atoms with E-state index >= 15 is 0 Å². The Morgan fingerprint density at radius 2 is 1.53 bits per heavy atom. The highest BCUT2D eigenvalue weighted by atomic mass is 16.2. The van der Waals surface area contributed by atoms with Crippen LogP contribution in [0.1, 0.15) is 43.6 Å². The maximum atomic E-state index is 11.5. The third-order valence-corrected chi connectivity index (χ3v) is 2.27. The Morgan fingerprint density at radius 3 is 2.12 bits per heavy atom. The quantitative estimate of drug-likeness (QED) is 0.648. The van der Waals surface area contributed by atoms with Crippen LogP contribution in [0.4, 0.5) is 0 Å². The van der Waals surface area contributed by atoms with Crippen LogP contribution < -0.4 is 0 Å². The highest BCUT2D eigenvalue weighted by Crippen LogP contribution is 2.17. The first-order chi connectivity index (χ1) is 8.20. The lowest BCUT2D eigenvalue weighted by Crippen LogP contribution is -2.39. The number of benzene rings is 1. The molecule has 17 heavy (non-hydrogen) atoms. The zero-order valence-corrected chi connectivity index (χ0v) is 11.3. The first-order valence-electron chi connectivity index (χ1n) is 6.09. The first kappa shape index (κ1) is 15.4. The summed E-state index contributed by atoms with van der Waals surface area (Å²) in [7, 11) is 1.51. The summed E-state index contributed by atoms with van der Waals surface area (Å²) in [6.45, 7) is 8.00. The Hall–Kier alpha value is -1.64. The zero-order valence-electron chi connectivity index (χ0n) is 11.3. The summed E-state index contributed by atoms with van der Waals surface area (Å²) in [6.07, 6.45) is 0.332. The van der Waals surface area contributed by atoms with Gasteiger partial charge in [0.25, 0.3) is 5.91 Å². The molecule has 0 aliphatic carbocycles. The number of hydrogen-bond acceptors (Lipinski definition) is 2. The minimum atomic E-state index is -0.202. The molecule has 0 aromatic heterocycles. The van der Waals surface area contributed by atoms with Crippen LogP contribution in [0.15, 0.2) is 24.3 Å². The molecule has 3 nitrogen and oxygen atoms in total. The van der Waals surface area contributed by atoms with Crippen LogP contribution in [0.2, 0.25) is 0 Å². The van der Waals surface area contributed by atoms with E-state index in [0.29, 0.717) is 12.0 Å². The molecule has 1 aromatic rings. The number of hydrogen-bond donors (Lipinski definition) is 0. The fourth-order valence-electron chi connectivity index (χ4n) is 1.46. The van der Waals surface area contributed by atoms with Gasteiger partial charge in [-0.2, -0.15) is 0 Å². The highest BCUT2D eigenvalue weighted by Gasteiger charge is 2.26. The Kier molecular flexibility index (Phi) is 6.87. The van der Waals surface area contributed by atoms with E-state index in [4.69, 9.17) is 0 Å². The number of fused-ring (bicyclic) bond motifs is 1. The van der Waals surface area contributed by atoms with Gasteiger partial charge in [0.2, 0.25) is 5.91 Å². The van der Waals surface area contributed by atoms with Crippen molar-refractivity contribution in [3.05, 3.63) is 35.4 Å². The van der Waals surface area contributed by atoms with Crippen LogP contribution in [0.25, 0.3) is 0 Å². The fraction of sp³-hybridized carbons (Fsp3) is 0.429. The fourth-order valence-corrected chi connectivity index (χ4v) is 1.46. The van der Waals surface area contributed by atoms with Gasteiger partial charge in [0.1, 0.15) is 0 Å². The third-order valence-electron chi connectivity index (χ3n) is 2.27. The van der Waals surface area contributed by atoms with Crippen molar-refractivity contribution >= 4 is 11.8 Å². The maximum Gasteiger partial charge on any atom is 0.260 e. The van der Waals surface area contributed by atoms with Gasteiger partial charge in [0.15, 0.2) is 0 Å². The van der Waals surface area contributed by atoms with Crippen LogP contribution in [-0.2, 0) is 11.2 Å². The third kappa shape index (κ3) is 3.41. The van der Waals surface area contributed by atoms with Gasteiger partial charge < -0.3 is 0 Å². The van der Waals surface area contributed by atoms with E-state index < -0.39 is 0 Å². The van der Waals surface area contributed by atoms with Crippen molar-refractivity contribution in [2.24, 2.45) is 0 Å². The average molecular weight is 235 g/mol. The molecule has 0 atom stereocenters. The van der Waals surface area contributed by atoms with Gasteiger partial charge >= 0.3 is 0 Å². The maximum absolute atomic E-state index is 11.5. The SMILES string of the molecule is CC.CC.CN1C(=O)Cc2ccccc2C1=O. The lowest BCUT2D eigenvalue weighted by molar-refractivity contribution is -0.127. The molecule has 0 spiro atoms. The van der Waals surface area contributed by atoms with Crippen molar-refractivity contribution in [2.45, 2.75) is 34.1 Å². The smallest absolute Gasteiger partial charge is 0.260 e. The topological polar surface area (TPSA) is 37.4 Å². The molecular weight excluding hydrogens is 214 g/mol. The molecule has 3 heteroatoms. The summed E-state index contributed by atoms with van der Waals surface area (Å²) in [5.41, 5.74) is 1.47. The summed E-state index contributed by atoms with van der Waals surface area (Å²) in [6, 6.07) is 7.21. The van der Waals surface area contributed by atoms with E-state index in [1.54, 1.807) is 12.1 Å². The van der Waals surface area contributed by atoms with E-state index in [-0.39, 0.29) is 11.8 Å². The van der Waals surface area contributed by atoms with Crippen molar-refractivity contribution < 1.29 is 9.59 Å². The lowest BCUT2D eigenvalue weighted by Gasteiger charge is -2.22. The molecule has 0 unspecified atom stereocenters. The Bertz CT molecular complexity index is 386. The molecule has 1 aromatic carbocycles. The van der Waals surface area contributed by atoms with Gasteiger partial charge in [-0.05, 0) is 11.6 Å². The molecule has 0 radical (unpaired) electrons. The molecule has 0 saturated heterocycles. The summed E-state index contributed by atoms with van der Waals surface area (Å²) in [4.78, 5) is 24.0. The molecule has 2 rings (SSSR count). The van der Waals surface area contributed by atoms with E-state index in [1.807, 2.05) is 39.8 Å². The molecule has 0 N–H and O–H groups in total. The van der Waals surface area contributed by atoms with Gasteiger partial charge in [0, 0.05) is 12.6 Å². The van der Waals surface area contributed by atoms with E-state index in [1.165, 1.54) is 11.9 Å². The van der Waals surface area contributed by atoms with Crippen molar-refractivity contribution in [1.82, 2.24) is 4.90 Å². The standard InChI is InChI=1S/C10H9NO2.2C2H6/c1-11-9(12)6-7-4-2-3-5-8(7)10(11)13;2*1-2/h2-5H,6H2,1H3;2*1-2H3. The number of nitrogens with zero attached hydrogens (tertiary/aromatic N) is 1.